The summed E-state index contributed by atoms with van der Waals surface area (Å²) in [6.45, 7) is 3.49. The minimum Gasteiger partial charge on any atom is -0.318 e. The lowest BCUT2D eigenvalue weighted by Gasteiger charge is -2.10. The fraction of sp³-hybridized carbons (Fsp3) is 0.143. The van der Waals surface area contributed by atoms with Crippen molar-refractivity contribution < 1.29 is 17.6 Å². The lowest BCUT2D eigenvalue weighted by Crippen LogP contribution is -2.14. The molecule has 0 atom stereocenters. The number of nitrogens with two attached hydrogens (primary N) is 1. The highest BCUT2D eigenvalue weighted by atomic mass is 32.2. The molecular formula is C21H19FN6O3S. The van der Waals surface area contributed by atoms with Gasteiger partial charge in [0.2, 0.25) is 15.8 Å². The second-order valence-electron chi connectivity index (χ2n) is 7.24. The van der Waals surface area contributed by atoms with Gasteiger partial charge in [-0.15, -0.1) is 10.2 Å². The molecule has 0 aliphatic rings. The maximum Gasteiger partial charge on any atom is 0.238 e. The zero-order chi connectivity index (χ0) is 23.0. The van der Waals surface area contributed by atoms with Crippen molar-refractivity contribution in [2.45, 2.75) is 25.3 Å². The molecule has 0 amide bonds. The first-order valence-electron chi connectivity index (χ1n) is 9.52. The summed E-state index contributed by atoms with van der Waals surface area (Å²) < 4.78 is 38.2. The van der Waals surface area contributed by atoms with Crippen LogP contribution >= 0.6 is 0 Å². The van der Waals surface area contributed by atoms with Crippen molar-refractivity contribution in [2.75, 3.05) is 0 Å². The lowest BCUT2D eigenvalue weighted by molar-refractivity contribution is 0.0961. The third-order valence-corrected chi connectivity index (χ3v) is 5.90. The molecular weight excluding hydrogens is 435 g/mol. The first kappa shape index (κ1) is 21.5. The Morgan fingerprint density at radius 3 is 2.47 bits per heavy atom. The zero-order valence-corrected chi connectivity index (χ0v) is 18.0. The maximum atomic E-state index is 13.4. The number of halogens is 1. The summed E-state index contributed by atoms with van der Waals surface area (Å²) in [6, 6.07) is 13.6. The largest absolute Gasteiger partial charge is 0.318 e. The topological polar surface area (TPSA) is 126 Å². The Labute approximate surface area is 183 Å². The highest BCUT2D eigenvalue weighted by Gasteiger charge is 2.19. The number of rotatable bonds is 6. The molecule has 2 aromatic heterocycles. The molecule has 4 rings (SSSR count). The first-order valence-corrected chi connectivity index (χ1v) is 11.1. The average Bonchev–Trinajstić information content (AvgIpc) is 3.31. The summed E-state index contributed by atoms with van der Waals surface area (Å²) in [5.41, 5.74) is 3.11. The molecule has 0 bridgehead atoms. The molecule has 32 heavy (non-hydrogen) atoms. The van der Waals surface area contributed by atoms with Crippen molar-refractivity contribution >= 4 is 15.8 Å². The van der Waals surface area contributed by atoms with E-state index in [1.54, 1.807) is 37.3 Å². The number of ketones is 1. The van der Waals surface area contributed by atoms with Gasteiger partial charge in [0, 0.05) is 28.2 Å². The van der Waals surface area contributed by atoms with Crippen molar-refractivity contribution in [3.05, 3.63) is 77.4 Å². The number of benzene rings is 2. The van der Waals surface area contributed by atoms with Gasteiger partial charge in [-0.1, -0.05) is 12.1 Å². The molecule has 164 valence electrons. The Hall–Kier alpha value is -3.70. The third kappa shape index (κ3) is 4.20. The second-order valence-corrected chi connectivity index (χ2v) is 8.80. The minimum atomic E-state index is -3.79. The van der Waals surface area contributed by atoms with Crippen LogP contribution in [-0.2, 0) is 16.6 Å². The predicted molar refractivity (Wildman–Crippen MR) is 114 cm³/mol. The number of sulfonamides is 1. The van der Waals surface area contributed by atoms with Crippen LogP contribution in [-0.4, -0.2) is 39.0 Å². The summed E-state index contributed by atoms with van der Waals surface area (Å²) in [4.78, 5) is 14.1. The Morgan fingerprint density at radius 2 is 1.81 bits per heavy atom. The van der Waals surface area contributed by atoms with Gasteiger partial charge in [0.15, 0.2) is 5.78 Å². The number of Topliss-reactive ketones (excluding diaryl/α,β-unsaturated/α-hetero) is 1. The fourth-order valence-corrected chi connectivity index (χ4v) is 4.01. The van der Waals surface area contributed by atoms with Gasteiger partial charge in [-0.2, -0.15) is 4.80 Å². The Kier molecular flexibility index (Phi) is 5.45. The van der Waals surface area contributed by atoms with Crippen molar-refractivity contribution in [1.29, 1.82) is 0 Å². The van der Waals surface area contributed by atoms with Gasteiger partial charge in [-0.3, -0.25) is 4.79 Å². The Morgan fingerprint density at radius 1 is 1.09 bits per heavy atom. The molecule has 0 spiro atoms. The maximum absolute atomic E-state index is 13.4. The van der Waals surface area contributed by atoms with Crippen molar-refractivity contribution in [2.24, 2.45) is 5.14 Å². The lowest BCUT2D eigenvalue weighted by atomic mass is 10.1. The Bertz CT molecular complexity index is 1420. The van der Waals surface area contributed by atoms with Gasteiger partial charge >= 0.3 is 0 Å². The number of aromatic nitrogens is 5. The van der Waals surface area contributed by atoms with Crippen LogP contribution in [0.15, 0.2) is 59.5 Å². The third-order valence-electron chi connectivity index (χ3n) is 4.98. The van der Waals surface area contributed by atoms with Crippen molar-refractivity contribution in [3.63, 3.8) is 0 Å². The molecule has 2 N–H and O–H groups in total. The number of primary sulfonamides is 1. The van der Waals surface area contributed by atoms with Crippen LogP contribution in [0.2, 0.25) is 0 Å². The standard InChI is InChI=1S/C21H19FN6O3S/c1-13-10-19(14(2)28(13)17-6-8-18(9-7-17)32(23,30)31)20(29)12-27-25-21(24-26-27)15-4-3-5-16(22)11-15/h3-11H,12H2,1-2H3,(H2,23,30,31). The van der Waals surface area contributed by atoms with Gasteiger partial charge in [-0.05, 0) is 61.5 Å². The molecule has 11 heteroatoms. The highest BCUT2D eigenvalue weighted by Crippen LogP contribution is 2.23. The minimum absolute atomic E-state index is 0.00590. The summed E-state index contributed by atoms with van der Waals surface area (Å²) in [5, 5.41) is 17.1. The van der Waals surface area contributed by atoms with Crippen LogP contribution in [0.3, 0.4) is 0 Å². The first-order chi connectivity index (χ1) is 15.1. The molecule has 0 saturated heterocycles. The number of nitrogens with zero attached hydrogens (tertiary/aromatic N) is 5. The van der Waals surface area contributed by atoms with E-state index in [2.05, 4.69) is 15.4 Å². The van der Waals surface area contributed by atoms with Gasteiger partial charge in [0.1, 0.15) is 12.4 Å². The van der Waals surface area contributed by atoms with E-state index in [1.807, 2.05) is 11.5 Å². The van der Waals surface area contributed by atoms with Crippen LogP contribution in [0.5, 0.6) is 0 Å². The molecule has 2 aromatic carbocycles. The van der Waals surface area contributed by atoms with Crippen LogP contribution < -0.4 is 5.14 Å². The number of hydrogen-bond acceptors (Lipinski definition) is 6. The Balaban J connectivity index is 1.58. The normalized spacial score (nSPS) is 11.6. The van der Waals surface area contributed by atoms with Gasteiger partial charge < -0.3 is 4.57 Å². The predicted octanol–water partition coefficient (Wildman–Crippen LogP) is 2.42. The molecule has 0 aliphatic carbocycles. The van der Waals surface area contributed by atoms with E-state index in [0.29, 0.717) is 22.5 Å². The summed E-state index contributed by atoms with van der Waals surface area (Å²) in [6.07, 6.45) is 0. The second kappa shape index (κ2) is 8.09. The zero-order valence-electron chi connectivity index (χ0n) is 17.2. The number of carbonyl (C=O) groups excluding carboxylic acids is 1. The number of hydrogen-bond donors (Lipinski definition) is 1. The molecule has 0 aliphatic heterocycles. The van der Waals surface area contributed by atoms with E-state index < -0.39 is 15.8 Å². The number of aryl methyl sites for hydroxylation is 1. The molecule has 0 unspecified atom stereocenters. The highest BCUT2D eigenvalue weighted by molar-refractivity contribution is 7.89. The quantitative estimate of drug-likeness (QED) is 0.446. The van der Waals surface area contributed by atoms with E-state index in [-0.39, 0.29) is 23.0 Å². The van der Waals surface area contributed by atoms with Crippen LogP contribution in [0.25, 0.3) is 17.1 Å². The molecule has 0 radical (unpaired) electrons. The van der Waals surface area contributed by atoms with E-state index in [9.17, 15) is 17.6 Å². The number of carbonyl (C=O) groups is 1. The molecule has 0 fully saturated rings. The van der Waals surface area contributed by atoms with Crippen molar-refractivity contribution in [3.8, 4) is 17.1 Å². The summed E-state index contributed by atoms with van der Waals surface area (Å²) in [7, 11) is -3.79. The molecule has 0 saturated carbocycles. The molecule has 2 heterocycles. The van der Waals surface area contributed by atoms with E-state index in [4.69, 9.17) is 5.14 Å². The molecule has 9 nitrogen and oxygen atoms in total. The van der Waals surface area contributed by atoms with Gasteiger partial charge in [0.25, 0.3) is 0 Å². The van der Waals surface area contributed by atoms with Crippen molar-refractivity contribution in [1.82, 2.24) is 24.8 Å². The van der Waals surface area contributed by atoms with E-state index in [1.165, 1.54) is 24.3 Å². The summed E-state index contributed by atoms with van der Waals surface area (Å²) in [5.74, 6) is -0.425. The summed E-state index contributed by atoms with van der Waals surface area (Å²) >= 11 is 0. The van der Waals surface area contributed by atoms with Crippen LogP contribution in [0.1, 0.15) is 21.7 Å². The van der Waals surface area contributed by atoms with E-state index in [0.717, 1.165) is 10.5 Å². The monoisotopic (exact) mass is 454 g/mol. The fourth-order valence-electron chi connectivity index (χ4n) is 3.49. The smallest absolute Gasteiger partial charge is 0.238 e. The molecule has 4 aromatic rings. The van der Waals surface area contributed by atoms with Gasteiger partial charge in [-0.25, -0.2) is 17.9 Å². The van der Waals surface area contributed by atoms with Crippen LogP contribution in [0, 0.1) is 19.7 Å². The SMILES string of the molecule is Cc1cc(C(=O)Cn2nnc(-c3cccc(F)c3)n2)c(C)n1-c1ccc(S(N)(=O)=O)cc1. The van der Waals surface area contributed by atoms with Gasteiger partial charge in [0.05, 0.1) is 4.90 Å². The number of tetrazole rings is 1. The average molecular weight is 454 g/mol. The van der Waals surface area contributed by atoms with E-state index >= 15 is 0 Å². The van der Waals surface area contributed by atoms with Crippen LogP contribution in [0.4, 0.5) is 4.39 Å².